The van der Waals surface area contributed by atoms with E-state index in [-0.39, 0.29) is 40.9 Å². The van der Waals surface area contributed by atoms with Gasteiger partial charge in [-0.05, 0) is 40.9 Å². The van der Waals surface area contributed by atoms with Gasteiger partial charge >= 0.3 is 0 Å². The molecule has 11 heteroatoms. The van der Waals surface area contributed by atoms with Crippen molar-refractivity contribution < 1.29 is 29.1 Å². The zero-order chi connectivity index (χ0) is 30.6. The van der Waals surface area contributed by atoms with Crippen LogP contribution in [-0.4, -0.2) is 84.9 Å². The highest BCUT2D eigenvalue weighted by molar-refractivity contribution is 5.89. The molecule has 0 aromatic rings. The predicted molar refractivity (Wildman–Crippen MR) is 152 cm³/mol. The Morgan fingerprint density at radius 1 is 1.12 bits per heavy atom. The Morgan fingerprint density at radius 3 is 2.12 bits per heavy atom. The van der Waals surface area contributed by atoms with Gasteiger partial charge in [-0.25, -0.2) is 0 Å². The molecule has 3 aliphatic rings. The van der Waals surface area contributed by atoms with E-state index in [4.69, 9.17) is 0 Å². The van der Waals surface area contributed by atoms with E-state index in [1.807, 2.05) is 46.4 Å². The van der Waals surface area contributed by atoms with E-state index in [0.717, 1.165) is 13.1 Å². The second-order valence-corrected chi connectivity index (χ2v) is 14.3. The summed E-state index contributed by atoms with van der Waals surface area (Å²) in [5.74, 6) is 0.370. The van der Waals surface area contributed by atoms with Crippen LogP contribution in [0.1, 0.15) is 74.7 Å². The highest BCUT2D eigenvalue weighted by Crippen LogP contribution is 2.62. The quantitative estimate of drug-likeness (QED) is 0.260. The van der Waals surface area contributed by atoms with Crippen LogP contribution < -0.4 is 21.3 Å². The second kappa shape index (κ2) is 12.9. The van der Waals surface area contributed by atoms with Crippen LogP contribution in [0, 0.1) is 34.0 Å². The van der Waals surface area contributed by atoms with Crippen molar-refractivity contribution >= 4 is 30.0 Å². The molecule has 2 heterocycles. The van der Waals surface area contributed by atoms with Crippen molar-refractivity contribution in [1.82, 2.24) is 26.2 Å². The van der Waals surface area contributed by atoms with Gasteiger partial charge in [0.2, 0.25) is 24.1 Å². The smallest absolute Gasteiger partial charge is 0.250 e. The lowest BCUT2D eigenvalue weighted by atomic mass is 9.84. The Bertz CT molecular complexity index is 940. The molecular weight excluding hydrogens is 514 g/mol. The number of fused-ring (bicyclic) bond motifs is 1. The number of aliphatic hydroxyl groups excluding tert-OH is 1. The van der Waals surface area contributed by atoms with Crippen LogP contribution in [0.2, 0.25) is 0 Å². The maximum atomic E-state index is 13.0. The van der Waals surface area contributed by atoms with Crippen LogP contribution in [0.5, 0.6) is 0 Å². The van der Waals surface area contributed by atoms with Crippen LogP contribution in [-0.2, 0) is 24.0 Å². The Morgan fingerprint density at radius 2 is 1.70 bits per heavy atom. The number of likely N-dealkylation sites (N-methyl/N-ethyl adjacent to an activating group) is 1. The van der Waals surface area contributed by atoms with Gasteiger partial charge in [-0.1, -0.05) is 55.4 Å². The lowest BCUT2D eigenvalue weighted by Gasteiger charge is -2.35. The van der Waals surface area contributed by atoms with Gasteiger partial charge in [0, 0.05) is 39.0 Å². The average Bonchev–Trinajstić information content (AvgIpc) is 3.23. The van der Waals surface area contributed by atoms with Crippen molar-refractivity contribution in [3.63, 3.8) is 0 Å². The standard InChI is InChI=1S/C19H34N2O2.C10H17N3O4/c1-17(2,3)9-14(22)20-15(18(4,5)6)16(23)21-10-12-13(11-21)19(12,7)8;1-11-10(17)8(15)7(13-5-14)4-6-2-3-12-9(6)16/h12-13,15H,9-11H2,1-8H3,(H,20,22);5-8,15H,2-4H2,1H3,(H,11,17)(H,12,16)(H,13,14). The molecule has 5 amide bonds. The van der Waals surface area contributed by atoms with Crippen molar-refractivity contribution in [3.8, 4) is 0 Å². The summed E-state index contributed by atoms with van der Waals surface area (Å²) in [5.41, 5.74) is 0.0330. The molecule has 3 fully saturated rings. The summed E-state index contributed by atoms with van der Waals surface area (Å²) in [6, 6.07) is -1.20. The Labute approximate surface area is 239 Å². The number of nitrogens with zero attached hydrogens (tertiary/aromatic N) is 1. The normalized spacial score (nSPS) is 25.3. The summed E-state index contributed by atoms with van der Waals surface area (Å²) in [7, 11) is 1.39. The van der Waals surface area contributed by atoms with Gasteiger partial charge in [0.25, 0.3) is 5.91 Å². The molecule has 40 heavy (non-hydrogen) atoms. The van der Waals surface area contributed by atoms with E-state index >= 15 is 0 Å². The van der Waals surface area contributed by atoms with Crippen molar-refractivity contribution in [2.45, 2.75) is 92.8 Å². The minimum Gasteiger partial charge on any atom is -0.381 e. The first-order chi connectivity index (χ1) is 18.3. The van der Waals surface area contributed by atoms with E-state index < -0.39 is 24.1 Å². The first kappa shape index (κ1) is 33.5. The number of hydrogen-bond donors (Lipinski definition) is 5. The molecule has 2 saturated heterocycles. The molecule has 228 valence electrons. The number of likely N-dealkylation sites (tertiary alicyclic amines) is 1. The van der Waals surface area contributed by atoms with E-state index in [1.165, 1.54) is 7.05 Å². The molecule has 11 nitrogen and oxygen atoms in total. The molecule has 0 radical (unpaired) electrons. The number of piperidine rings is 1. The van der Waals surface area contributed by atoms with Gasteiger partial charge < -0.3 is 31.3 Å². The topological polar surface area (TPSA) is 157 Å². The zero-order valence-corrected chi connectivity index (χ0v) is 25.7. The van der Waals surface area contributed by atoms with Crippen LogP contribution in [0.15, 0.2) is 0 Å². The molecule has 5 N–H and O–H groups in total. The third-order valence-corrected chi connectivity index (χ3v) is 8.42. The lowest BCUT2D eigenvalue weighted by molar-refractivity contribution is -0.139. The molecule has 3 rings (SSSR count). The van der Waals surface area contributed by atoms with Crippen LogP contribution in [0.25, 0.3) is 0 Å². The minimum absolute atomic E-state index is 0.0320. The molecule has 0 spiro atoms. The molecule has 0 aromatic heterocycles. The minimum atomic E-state index is -1.35. The van der Waals surface area contributed by atoms with Gasteiger partial charge in [0.05, 0.1) is 6.04 Å². The highest BCUT2D eigenvalue weighted by atomic mass is 16.3. The molecular formula is C29H51N5O6. The first-order valence-corrected chi connectivity index (χ1v) is 14.3. The monoisotopic (exact) mass is 565 g/mol. The fourth-order valence-corrected chi connectivity index (χ4v) is 5.72. The summed E-state index contributed by atoms with van der Waals surface area (Å²) < 4.78 is 0. The number of carbonyl (C=O) groups is 5. The number of rotatable bonds is 9. The number of aliphatic hydroxyl groups is 1. The lowest BCUT2D eigenvalue weighted by Crippen LogP contribution is -2.55. The zero-order valence-electron chi connectivity index (χ0n) is 25.7. The number of nitrogens with one attached hydrogen (secondary N) is 4. The largest absolute Gasteiger partial charge is 0.381 e. The second-order valence-electron chi connectivity index (χ2n) is 14.3. The van der Waals surface area contributed by atoms with Crippen LogP contribution in [0.3, 0.4) is 0 Å². The molecule has 1 aliphatic carbocycles. The summed E-state index contributed by atoms with van der Waals surface area (Å²) in [6.07, 6.45) is 0.406. The van der Waals surface area contributed by atoms with Crippen molar-refractivity contribution in [1.29, 1.82) is 0 Å². The third-order valence-electron chi connectivity index (χ3n) is 8.42. The van der Waals surface area contributed by atoms with E-state index in [2.05, 4.69) is 35.1 Å². The first-order valence-electron chi connectivity index (χ1n) is 14.3. The van der Waals surface area contributed by atoms with Crippen LogP contribution >= 0.6 is 0 Å². The molecule has 6 unspecified atom stereocenters. The van der Waals surface area contributed by atoms with Gasteiger partial charge in [0.15, 0.2) is 6.10 Å². The molecule has 6 atom stereocenters. The summed E-state index contributed by atoms with van der Waals surface area (Å²) in [6.45, 7) is 19.0. The van der Waals surface area contributed by atoms with E-state index in [0.29, 0.717) is 43.0 Å². The van der Waals surface area contributed by atoms with Crippen LogP contribution in [0.4, 0.5) is 0 Å². The maximum absolute atomic E-state index is 13.0. The Hall–Kier alpha value is -2.69. The maximum Gasteiger partial charge on any atom is 0.250 e. The average molecular weight is 566 g/mol. The van der Waals surface area contributed by atoms with E-state index in [1.54, 1.807) is 0 Å². The van der Waals surface area contributed by atoms with Crippen molar-refractivity contribution in [2.24, 2.45) is 34.0 Å². The number of amides is 5. The summed E-state index contributed by atoms with van der Waals surface area (Å²) >= 11 is 0. The highest BCUT2D eigenvalue weighted by Gasteiger charge is 2.63. The SMILES string of the molecule is CC(C)(C)CC(=O)NC(C(=O)N1CC2C(C1)C2(C)C)C(C)(C)C.CNC(=O)C(O)C(CC1CCNC1=O)NC=O. The summed E-state index contributed by atoms with van der Waals surface area (Å²) in [5, 5.41) is 20.0. The molecule has 1 saturated carbocycles. The molecule has 0 aromatic carbocycles. The van der Waals surface area contributed by atoms with Crippen molar-refractivity contribution in [3.05, 3.63) is 0 Å². The Balaban J connectivity index is 0.000000294. The Kier molecular flexibility index (Phi) is 10.8. The third kappa shape index (κ3) is 8.65. The van der Waals surface area contributed by atoms with Crippen molar-refractivity contribution in [2.75, 3.05) is 26.7 Å². The van der Waals surface area contributed by atoms with E-state index in [9.17, 15) is 29.1 Å². The van der Waals surface area contributed by atoms with Gasteiger partial charge in [-0.2, -0.15) is 0 Å². The number of carbonyl (C=O) groups excluding carboxylic acids is 5. The van der Waals surface area contributed by atoms with Gasteiger partial charge in [-0.15, -0.1) is 0 Å². The molecule has 0 bridgehead atoms. The van der Waals surface area contributed by atoms with Gasteiger partial charge in [-0.3, -0.25) is 24.0 Å². The predicted octanol–water partition coefficient (Wildman–Crippen LogP) is 0.802. The fourth-order valence-electron chi connectivity index (χ4n) is 5.72. The fraction of sp³-hybridized carbons (Fsp3) is 0.828. The van der Waals surface area contributed by atoms with Gasteiger partial charge in [0.1, 0.15) is 6.04 Å². The summed E-state index contributed by atoms with van der Waals surface area (Å²) in [4.78, 5) is 60.3. The molecule has 2 aliphatic heterocycles. The number of hydrogen-bond acceptors (Lipinski definition) is 6.